The van der Waals surface area contributed by atoms with Crippen LogP contribution in [0.3, 0.4) is 0 Å². The van der Waals surface area contributed by atoms with Gasteiger partial charge in [0.2, 0.25) is 0 Å². The molecule has 2 saturated heterocycles. The molecule has 0 aliphatic carbocycles. The highest BCUT2D eigenvalue weighted by atomic mass is 127. The standard InChI is InChI=1S/C17H35N5O.HI/c1-15(13-22-9-7-21(4)8-10-22)12-19-16(18-3)20-14-17(2)6-5-11-23-17;/h15H,5-14H2,1-4H3,(H2,18,19,20);1H. The minimum atomic E-state index is -0.0386. The van der Waals surface area contributed by atoms with Gasteiger partial charge in [0.1, 0.15) is 0 Å². The van der Waals surface area contributed by atoms with E-state index in [0.29, 0.717) is 5.92 Å². The number of rotatable bonds is 6. The summed E-state index contributed by atoms with van der Waals surface area (Å²) < 4.78 is 5.81. The fourth-order valence-corrected chi connectivity index (χ4v) is 3.27. The molecule has 0 aromatic heterocycles. The van der Waals surface area contributed by atoms with Crippen molar-refractivity contribution in [1.29, 1.82) is 0 Å². The third-order valence-electron chi connectivity index (χ3n) is 4.94. The molecule has 24 heavy (non-hydrogen) atoms. The Morgan fingerprint density at radius 3 is 2.54 bits per heavy atom. The molecular weight excluding hydrogens is 417 g/mol. The summed E-state index contributed by atoms with van der Waals surface area (Å²) in [5, 5.41) is 6.87. The highest BCUT2D eigenvalue weighted by molar-refractivity contribution is 14.0. The van der Waals surface area contributed by atoms with Crippen LogP contribution in [0.4, 0.5) is 0 Å². The zero-order valence-electron chi connectivity index (χ0n) is 15.8. The number of ether oxygens (including phenoxy) is 1. The first kappa shape index (κ1) is 21.9. The average molecular weight is 453 g/mol. The minimum absolute atomic E-state index is 0. The number of nitrogens with one attached hydrogen (secondary N) is 2. The van der Waals surface area contributed by atoms with Gasteiger partial charge in [0, 0.05) is 59.5 Å². The maximum atomic E-state index is 5.81. The molecular formula is C17H36IN5O. The average Bonchev–Trinajstić information content (AvgIpc) is 2.97. The summed E-state index contributed by atoms with van der Waals surface area (Å²) in [6, 6.07) is 0. The number of nitrogens with zero attached hydrogens (tertiary/aromatic N) is 3. The molecule has 2 unspecified atom stereocenters. The first-order valence-corrected chi connectivity index (χ1v) is 9.00. The van der Waals surface area contributed by atoms with Gasteiger partial charge in [-0.2, -0.15) is 0 Å². The Hall–Kier alpha value is -0.120. The summed E-state index contributed by atoms with van der Waals surface area (Å²) in [6.07, 6.45) is 2.28. The Kier molecular flexibility index (Phi) is 9.84. The maximum absolute atomic E-state index is 5.81. The number of guanidine groups is 1. The van der Waals surface area contributed by atoms with Crippen LogP contribution in [0.5, 0.6) is 0 Å². The van der Waals surface area contributed by atoms with Gasteiger partial charge < -0.3 is 25.2 Å². The second-order valence-electron chi connectivity index (χ2n) is 7.42. The van der Waals surface area contributed by atoms with E-state index in [-0.39, 0.29) is 29.6 Å². The third-order valence-corrected chi connectivity index (χ3v) is 4.94. The molecule has 0 spiro atoms. The molecule has 2 rings (SSSR count). The molecule has 0 radical (unpaired) electrons. The predicted molar refractivity (Wildman–Crippen MR) is 111 cm³/mol. The van der Waals surface area contributed by atoms with Crippen molar-refractivity contribution in [2.24, 2.45) is 10.9 Å². The second-order valence-corrected chi connectivity index (χ2v) is 7.42. The van der Waals surface area contributed by atoms with Gasteiger partial charge in [-0.25, -0.2) is 0 Å². The van der Waals surface area contributed by atoms with Crippen LogP contribution < -0.4 is 10.6 Å². The van der Waals surface area contributed by atoms with Gasteiger partial charge in [-0.1, -0.05) is 6.92 Å². The highest BCUT2D eigenvalue weighted by Crippen LogP contribution is 2.23. The fourth-order valence-electron chi connectivity index (χ4n) is 3.27. The highest BCUT2D eigenvalue weighted by Gasteiger charge is 2.29. The lowest BCUT2D eigenvalue weighted by Crippen LogP contribution is -2.49. The normalized spacial score (nSPS) is 27.6. The summed E-state index contributed by atoms with van der Waals surface area (Å²) in [4.78, 5) is 9.29. The molecule has 2 aliphatic rings. The van der Waals surface area contributed by atoms with Crippen molar-refractivity contribution >= 4 is 29.9 Å². The van der Waals surface area contributed by atoms with Crippen LogP contribution in [0.2, 0.25) is 0 Å². The van der Waals surface area contributed by atoms with E-state index in [1.165, 1.54) is 26.2 Å². The van der Waals surface area contributed by atoms with E-state index >= 15 is 0 Å². The Balaban J connectivity index is 0.00000288. The summed E-state index contributed by atoms with van der Waals surface area (Å²) in [7, 11) is 4.03. The number of hydrogen-bond donors (Lipinski definition) is 2. The fraction of sp³-hybridized carbons (Fsp3) is 0.941. The van der Waals surface area contributed by atoms with Crippen LogP contribution >= 0.6 is 24.0 Å². The Morgan fingerprint density at radius 2 is 1.96 bits per heavy atom. The summed E-state index contributed by atoms with van der Waals surface area (Å²) in [6.45, 7) is 13.0. The van der Waals surface area contributed by atoms with E-state index in [1.54, 1.807) is 0 Å². The lowest BCUT2D eigenvalue weighted by molar-refractivity contribution is 0.0242. The first-order chi connectivity index (χ1) is 11.0. The Morgan fingerprint density at radius 1 is 1.25 bits per heavy atom. The van der Waals surface area contributed by atoms with Gasteiger partial charge in [-0.15, -0.1) is 24.0 Å². The number of aliphatic imine (C=N–C) groups is 1. The molecule has 2 heterocycles. The molecule has 0 amide bonds. The molecule has 0 aromatic rings. The smallest absolute Gasteiger partial charge is 0.191 e. The van der Waals surface area contributed by atoms with Gasteiger partial charge in [-0.3, -0.25) is 4.99 Å². The molecule has 7 heteroatoms. The van der Waals surface area contributed by atoms with E-state index in [2.05, 4.69) is 46.3 Å². The van der Waals surface area contributed by atoms with Crippen molar-refractivity contribution in [2.45, 2.75) is 32.3 Å². The quantitative estimate of drug-likeness (QED) is 0.360. The van der Waals surface area contributed by atoms with Crippen molar-refractivity contribution < 1.29 is 4.74 Å². The molecule has 2 fully saturated rings. The lowest BCUT2D eigenvalue weighted by Gasteiger charge is -2.34. The first-order valence-electron chi connectivity index (χ1n) is 9.00. The molecule has 2 aliphatic heterocycles. The predicted octanol–water partition coefficient (Wildman–Crippen LogP) is 1.22. The van der Waals surface area contributed by atoms with E-state index in [1.807, 2.05) is 7.05 Å². The van der Waals surface area contributed by atoms with Crippen LogP contribution in [0.15, 0.2) is 4.99 Å². The van der Waals surface area contributed by atoms with Crippen LogP contribution in [0, 0.1) is 5.92 Å². The number of likely N-dealkylation sites (N-methyl/N-ethyl adjacent to an activating group) is 1. The third kappa shape index (κ3) is 7.41. The number of halogens is 1. The Bertz CT molecular complexity index is 379. The van der Waals surface area contributed by atoms with Crippen molar-refractivity contribution in [3.63, 3.8) is 0 Å². The van der Waals surface area contributed by atoms with Gasteiger partial charge in [-0.05, 0) is 32.7 Å². The summed E-state index contributed by atoms with van der Waals surface area (Å²) >= 11 is 0. The largest absolute Gasteiger partial charge is 0.373 e. The molecule has 0 saturated carbocycles. The van der Waals surface area contributed by atoms with Crippen molar-refractivity contribution in [3.05, 3.63) is 0 Å². The van der Waals surface area contributed by atoms with Gasteiger partial charge in [0.15, 0.2) is 5.96 Å². The number of hydrogen-bond acceptors (Lipinski definition) is 4. The summed E-state index contributed by atoms with van der Waals surface area (Å²) in [5.41, 5.74) is -0.0386. The van der Waals surface area contributed by atoms with Crippen molar-refractivity contribution in [1.82, 2.24) is 20.4 Å². The Labute approximate surface area is 164 Å². The second kappa shape index (κ2) is 10.8. The van der Waals surface area contributed by atoms with Gasteiger partial charge >= 0.3 is 0 Å². The zero-order valence-corrected chi connectivity index (χ0v) is 18.1. The van der Waals surface area contributed by atoms with Crippen LogP contribution in [0.1, 0.15) is 26.7 Å². The summed E-state index contributed by atoms with van der Waals surface area (Å²) in [5.74, 6) is 1.49. The topological polar surface area (TPSA) is 52.1 Å². The minimum Gasteiger partial charge on any atom is -0.373 e. The monoisotopic (exact) mass is 453 g/mol. The SMILES string of the molecule is CN=C(NCC(C)CN1CCN(C)CC1)NCC1(C)CCCO1.I. The molecule has 2 N–H and O–H groups in total. The lowest BCUT2D eigenvalue weighted by atomic mass is 10.0. The van der Waals surface area contributed by atoms with Crippen LogP contribution in [-0.4, -0.2) is 87.9 Å². The van der Waals surface area contributed by atoms with Crippen molar-refractivity contribution in [2.75, 3.05) is 66.5 Å². The van der Waals surface area contributed by atoms with E-state index < -0.39 is 0 Å². The number of piperazine rings is 1. The molecule has 0 aromatic carbocycles. The van der Waals surface area contributed by atoms with Crippen LogP contribution in [0.25, 0.3) is 0 Å². The van der Waals surface area contributed by atoms with Crippen molar-refractivity contribution in [3.8, 4) is 0 Å². The van der Waals surface area contributed by atoms with Crippen LogP contribution in [-0.2, 0) is 4.74 Å². The van der Waals surface area contributed by atoms with E-state index in [9.17, 15) is 0 Å². The molecule has 2 atom stereocenters. The van der Waals surface area contributed by atoms with Gasteiger partial charge in [0.05, 0.1) is 5.60 Å². The maximum Gasteiger partial charge on any atom is 0.191 e. The molecule has 142 valence electrons. The molecule has 6 nitrogen and oxygen atoms in total. The van der Waals surface area contributed by atoms with Gasteiger partial charge in [0.25, 0.3) is 0 Å². The van der Waals surface area contributed by atoms with E-state index in [4.69, 9.17) is 4.74 Å². The van der Waals surface area contributed by atoms with E-state index in [0.717, 1.165) is 45.0 Å². The zero-order chi connectivity index (χ0) is 16.7. The molecule has 0 bridgehead atoms.